The van der Waals surface area contributed by atoms with Crippen LogP contribution in [0.2, 0.25) is 0 Å². The highest BCUT2D eigenvalue weighted by Gasteiger charge is 2.40. The van der Waals surface area contributed by atoms with Crippen molar-refractivity contribution in [1.82, 2.24) is 0 Å². The average Bonchev–Trinajstić information content (AvgIpc) is 2.74. The lowest BCUT2D eigenvalue weighted by atomic mass is 9.75. The Hall–Kier alpha value is -3.92. The summed E-state index contributed by atoms with van der Waals surface area (Å²) in [6.07, 6.45) is 1.76. The minimum Gasteiger partial charge on any atom is -0.384 e. The minimum absolute atomic E-state index is 0.00673. The Morgan fingerprint density at radius 3 is 2.41 bits per heavy atom. The van der Waals surface area contributed by atoms with E-state index in [1.807, 2.05) is 30.3 Å². The molecule has 1 unspecified atom stereocenters. The number of rotatable bonds is 3. The number of nitro groups is 1. The molecule has 7 heteroatoms. The lowest BCUT2D eigenvalue weighted by Gasteiger charge is -2.39. The van der Waals surface area contributed by atoms with Gasteiger partial charge >= 0.3 is 0 Å². The molecule has 4 rings (SSSR count). The van der Waals surface area contributed by atoms with Crippen LogP contribution in [0.15, 0.2) is 77.3 Å². The third-order valence-electron chi connectivity index (χ3n) is 5.36. The van der Waals surface area contributed by atoms with Gasteiger partial charge in [-0.3, -0.25) is 19.8 Å². The zero-order chi connectivity index (χ0) is 20.5. The molecule has 29 heavy (non-hydrogen) atoms. The number of nitriles is 1. The maximum atomic E-state index is 13.0. The van der Waals surface area contributed by atoms with E-state index >= 15 is 0 Å². The van der Waals surface area contributed by atoms with E-state index < -0.39 is 10.8 Å². The van der Waals surface area contributed by atoms with Gasteiger partial charge in [0.2, 0.25) is 0 Å². The third-order valence-corrected chi connectivity index (χ3v) is 5.36. The van der Waals surface area contributed by atoms with Crippen molar-refractivity contribution in [2.45, 2.75) is 25.2 Å². The molecule has 0 saturated carbocycles. The highest BCUT2D eigenvalue weighted by atomic mass is 16.6. The first-order chi connectivity index (χ1) is 14.0. The summed E-state index contributed by atoms with van der Waals surface area (Å²) in [5, 5.41) is 20.9. The predicted octanol–water partition coefficient (Wildman–Crippen LogP) is 3.90. The molecule has 0 amide bonds. The first-order valence-corrected chi connectivity index (χ1v) is 9.28. The highest BCUT2D eigenvalue weighted by molar-refractivity contribution is 6.01. The molecule has 2 aromatic rings. The standard InChI is InChI=1S/C22H18N4O3/c23-13-17-20(14-5-2-1-3-6-14)21-18(7-4-8-19(21)27)25(22(17)24)15-9-11-16(12-10-15)26(28)29/h1-3,5-6,9-12,20H,4,7-8,24H2. The van der Waals surface area contributed by atoms with Gasteiger partial charge in [-0.2, -0.15) is 5.26 Å². The molecule has 0 aromatic heterocycles. The first kappa shape index (κ1) is 18.4. The van der Waals surface area contributed by atoms with Crippen molar-refractivity contribution < 1.29 is 9.72 Å². The number of hydrogen-bond donors (Lipinski definition) is 1. The number of Topliss-reactive ketones (excluding diaryl/α,β-unsaturated/α-hetero) is 1. The van der Waals surface area contributed by atoms with Crippen LogP contribution in [0, 0.1) is 21.4 Å². The molecule has 1 heterocycles. The van der Waals surface area contributed by atoms with Crippen molar-refractivity contribution in [3.05, 3.63) is 92.9 Å². The van der Waals surface area contributed by atoms with Gasteiger partial charge < -0.3 is 5.73 Å². The second-order valence-electron chi connectivity index (χ2n) is 7.00. The van der Waals surface area contributed by atoms with Gasteiger partial charge in [-0.1, -0.05) is 30.3 Å². The number of nitrogens with zero attached hydrogens (tertiary/aromatic N) is 3. The summed E-state index contributed by atoms with van der Waals surface area (Å²) in [6, 6.07) is 17.6. The average molecular weight is 386 g/mol. The summed E-state index contributed by atoms with van der Waals surface area (Å²) >= 11 is 0. The Labute approximate surface area is 167 Å². The number of anilines is 1. The van der Waals surface area contributed by atoms with Crippen molar-refractivity contribution in [3.8, 4) is 6.07 Å². The van der Waals surface area contributed by atoms with Gasteiger partial charge in [0.05, 0.1) is 22.5 Å². The van der Waals surface area contributed by atoms with E-state index in [1.54, 1.807) is 17.0 Å². The van der Waals surface area contributed by atoms with E-state index in [0.717, 1.165) is 11.3 Å². The summed E-state index contributed by atoms with van der Waals surface area (Å²) in [7, 11) is 0. The summed E-state index contributed by atoms with van der Waals surface area (Å²) in [5.41, 5.74) is 9.51. The minimum atomic E-state index is -0.502. The molecule has 0 fully saturated rings. The largest absolute Gasteiger partial charge is 0.384 e. The smallest absolute Gasteiger partial charge is 0.269 e. The van der Waals surface area contributed by atoms with Crippen molar-refractivity contribution in [2.24, 2.45) is 5.73 Å². The molecule has 144 valence electrons. The van der Waals surface area contributed by atoms with Crippen LogP contribution < -0.4 is 10.6 Å². The van der Waals surface area contributed by atoms with E-state index in [4.69, 9.17) is 5.73 Å². The number of ketones is 1. The number of carbonyl (C=O) groups is 1. The van der Waals surface area contributed by atoms with Gasteiger partial charge in [-0.05, 0) is 30.5 Å². The molecule has 0 bridgehead atoms. The highest BCUT2D eigenvalue weighted by Crippen LogP contribution is 2.46. The van der Waals surface area contributed by atoms with Crippen LogP contribution >= 0.6 is 0 Å². The Morgan fingerprint density at radius 2 is 1.79 bits per heavy atom. The van der Waals surface area contributed by atoms with E-state index in [0.29, 0.717) is 36.1 Å². The van der Waals surface area contributed by atoms with Crippen molar-refractivity contribution in [2.75, 3.05) is 4.90 Å². The molecular formula is C22H18N4O3. The molecule has 1 atom stereocenters. The Balaban J connectivity index is 1.92. The molecule has 0 spiro atoms. The zero-order valence-corrected chi connectivity index (χ0v) is 15.5. The van der Waals surface area contributed by atoms with Gasteiger partial charge in [0.25, 0.3) is 5.69 Å². The number of nitro benzene ring substituents is 1. The molecule has 0 saturated heterocycles. The second-order valence-corrected chi connectivity index (χ2v) is 7.00. The molecule has 1 aliphatic heterocycles. The van der Waals surface area contributed by atoms with Gasteiger partial charge in [0.15, 0.2) is 5.78 Å². The van der Waals surface area contributed by atoms with Crippen molar-refractivity contribution in [3.63, 3.8) is 0 Å². The van der Waals surface area contributed by atoms with Crippen molar-refractivity contribution >= 4 is 17.2 Å². The molecule has 2 aliphatic rings. The Kier molecular flexibility index (Phi) is 4.61. The molecule has 7 nitrogen and oxygen atoms in total. The normalized spacial score (nSPS) is 19.1. The topological polar surface area (TPSA) is 113 Å². The zero-order valence-electron chi connectivity index (χ0n) is 15.5. The number of benzene rings is 2. The lowest BCUT2D eigenvalue weighted by molar-refractivity contribution is -0.384. The predicted molar refractivity (Wildman–Crippen MR) is 107 cm³/mol. The Bertz CT molecular complexity index is 1100. The van der Waals surface area contributed by atoms with Crippen LogP contribution in [0.25, 0.3) is 0 Å². The number of nitrogens with two attached hydrogens (primary N) is 1. The van der Waals surface area contributed by atoms with Gasteiger partial charge in [0.1, 0.15) is 5.82 Å². The van der Waals surface area contributed by atoms with Gasteiger partial charge in [0, 0.05) is 35.5 Å². The van der Waals surface area contributed by atoms with Crippen LogP contribution in [0.1, 0.15) is 30.7 Å². The molecule has 2 N–H and O–H groups in total. The van der Waals surface area contributed by atoms with E-state index in [9.17, 15) is 20.2 Å². The van der Waals surface area contributed by atoms with Crippen LogP contribution in [0.5, 0.6) is 0 Å². The monoisotopic (exact) mass is 386 g/mol. The summed E-state index contributed by atoms with van der Waals surface area (Å²) in [5.74, 6) is -0.241. The number of hydrogen-bond acceptors (Lipinski definition) is 6. The number of allylic oxidation sites excluding steroid dienone is 3. The SMILES string of the molecule is N#CC1=C(N)N(c2ccc([N+](=O)[O-])cc2)C2=C(C(=O)CCC2)C1c1ccccc1. The van der Waals surface area contributed by atoms with Crippen LogP contribution in [-0.4, -0.2) is 10.7 Å². The summed E-state index contributed by atoms with van der Waals surface area (Å²) in [6.45, 7) is 0. The van der Waals surface area contributed by atoms with Crippen molar-refractivity contribution in [1.29, 1.82) is 5.26 Å². The summed E-state index contributed by atoms with van der Waals surface area (Å²) < 4.78 is 0. The van der Waals surface area contributed by atoms with Crippen LogP contribution in [-0.2, 0) is 4.79 Å². The van der Waals surface area contributed by atoms with E-state index in [1.165, 1.54) is 12.1 Å². The van der Waals surface area contributed by atoms with E-state index in [-0.39, 0.29) is 17.3 Å². The summed E-state index contributed by atoms with van der Waals surface area (Å²) in [4.78, 5) is 25.2. The van der Waals surface area contributed by atoms with E-state index in [2.05, 4.69) is 6.07 Å². The molecule has 0 radical (unpaired) electrons. The first-order valence-electron chi connectivity index (χ1n) is 9.28. The quantitative estimate of drug-likeness (QED) is 0.632. The Morgan fingerprint density at radius 1 is 1.10 bits per heavy atom. The van der Waals surface area contributed by atoms with Gasteiger partial charge in [-0.25, -0.2) is 0 Å². The number of non-ortho nitro benzene ring substituents is 1. The van der Waals surface area contributed by atoms with Crippen LogP contribution in [0.4, 0.5) is 11.4 Å². The molecule has 2 aromatic carbocycles. The van der Waals surface area contributed by atoms with Crippen LogP contribution in [0.3, 0.4) is 0 Å². The second kappa shape index (κ2) is 7.24. The van der Waals surface area contributed by atoms with Gasteiger partial charge in [-0.15, -0.1) is 0 Å². The fraction of sp³-hybridized carbons (Fsp3) is 0.182. The fourth-order valence-corrected chi connectivity index (χ4v) is 4.08. The maximum absolute atomic E-state index is 13.0. The molecule has 1 aliphatic carbocycles. The fourth-order valence-electron chi connectivity index (χ4n) is 4.08. The third kappa shape index (κ3) is 3.05. The maximum Gasteiger partial charge on any atom is 0.269 e. The molecular weight excluding hydrogens is 368 g/mol. The number of carbonyl (C=O) groups excluding carboxylic acids is 1. The lowest BCUT2D eigenvalue weighted by Crippen LogP contribution is -2.38.